The first-order valence-corrected chi connectivity index (χ1v) is 11.5. The smallest absolute Gasteiger partial charge is 0.260 e. The van der Waals surface area contributed by atoms with E-state index in [0.29, 0.717) is 42.9 Å². The summed E-state index contributed by atoms with van der Waals surface area (Å²) in [7, 11) is -3.36. The second-order valence-corrected chi connectivity index (χ2v) is 8.93. The third-order valence-corrected chi connectivity index (χ3v) is 5.35. The molecule has 0 aromatic heterocycles. The molecule has 8 nitrogen and oxygen atoms in total. The largest absolute Gasteiger partial charge is 0.484 e. The summed E-state index contributed by atoms with van der Waals surface area (Å²) in [6.07, 6.45) is 2.39. The summed E-state index contributed by atoms with van der Waals surface area (Å²) < 4.78 is 30.4. The molecule has 0 saturated carbocycles. The quantitative estimate of drug-likeness (QED) is 0.696. The maximum Gasteiger partial charge on any atom is 0.260 e. The number of likely N-dealkylation sites (tertiary alicyclic amines) is 1. The van der Waals surface area contributed by atoms with Crippen LogP contribution in [0.1, 0.15) is 23.2 Å². The van der Waals surface area contributed by atoms with Crippen molar-refractivity contribution in [2.45, 2.75) is 18.9 Å². The van der Waals surface area contributed by atoms with E-state index < -0.39 is 10.0 Å². The van der Waals surface area contributed by atoms with Crippen LogP contribution in [0.25, 0.3) is 0 Å². The number of amides is 2. The third kappa shape index (κ3) is 6.48. The summed E-state index contributed by atoms with van der Waals surface area (Å²) in [5, 5.41) is 2.97. The number of hydrogen-bond acceptors (Lipinski definition) is 5. The minimum absolute atomic E-state index is 0.00506. The van der Waals surface area contributed by atoms with E-state index in [4.69, 9.17) is 4.74 Å². The maximum absolute atomic E-state index is 12.4. The van der Waals surface area contributed by atoms with Crippen molar-refractivity contribution in [1.82, 2.24) is 10.2 Å². The van der Waals surface area contributed by atoms with Crippen LogP contribution >= 0.6 is 0 Å². The van der Waals surface area contributed by atoms with Crippen LogP contribution < -0.4 is 14.8 Å². The number of piperidine rings is 1. The van der Waals surface area contributed by atoms with Gasteiger partial charge in [-0.25, -0.2) is 8.42 Å². The first-order chi connectivity index (χ1) is 14.3. The van der Waals surface area contributed by atoms with E-state index in [0.717, 1.165) is 6.26 Å². The normalized spacial score (nSPS) is 14.8. The molecule has 0 bridgehead atoms. The molecule has 0 unspecified atom stereocenters. The fourth-order valence-corrected chi connectivity index (χ4v) is 3.76. The van der Waals surface area contributed by atoms with E-state index in [-0.39, 0.29) is 24.5 Å². The highest BCUT2D eigenvalue weighted by molar-refractivity contribution is 7.92. The summed E-state index contributed by atoms with van der Waals surface area (Å²) in [5.41, 5.74) is 0.849. The topological polar surface area (TPSA) is 105 Å². The summed E-state index contributed by atoms with van der Waals surface area (Å²) in [5.74, 6) is 0.362. The Kier molecular flexibility index (Phi) is 6.94. The average Bonchev–Trinajstić information content (AvgIpc) is 2.72. The lowest BCUT2D eigenvalue weighted by Crippen LogP contribution is -2.47. The number of ether oxygens (including phenoxy) is 1. The minimum atomic E-state index is -3.36. The third-order valence-electron chi connectivity index (χ3n) is 4.74. The standard InChI is InChI=1S/C21H25N3O5S/c1-30(27,28)23-18-9-7-16(8-10-18)21(26)22-17-11-13-24(14-12-17)20(25)15-29-19-5-3-2-4-6-19/h2-10,17,23H,11-15H2,1H3,(H,22,26). The van der Waals surface area contributed by atoms with Crippen LogP contribution in [-0.2, 0) is 14.8 Å². The van der Waals surface area contributed by atoms with Gasteiger partial charge in [0.15, 0.2) is 6.61 Å². The average molecular weight is 432 g/mol. The molecule has 1 fully saturated rings. The lowest BCUT2D eigenvalue weighted by Gasteiger charge is -2.32. The number of carbonyl (C=O) groups excluding carboxylic acids is 2. The number of carbonyl (C=O) groups is 2. The number of nitrogens with zero attached hydrogens (tertiary/aromatic N) is 1. The molecule has 3 rings (SSSR count). The first kappa shape index (κ1) is 21.6. The molecule has 2 aromatic carbocycles. The zero-order valence-electron chi connectivity index (χ0n) is 16.7. The predicted octanol–water partition coefficient (Wildman–Crippen LogP) is 1.86. The Hall–Kier alpha value is -3.07. The molecule has 30 heavy (non-hydrogen) atoms. The molecule has 0 aliphatic carbocycles. The van der Waals surface area contributed by atoms with E-state index in [2.05, 4.69) is 10.0 Å². The van der Waals surface area contributed by atoms with Gasteiger partial charge in [0.25, 0.3) is 11.8 Å². The van der Waals surface area contributed by atoms with Crippen LogP contribution in [0.15, 0.2) is 54.6 Å². The van der Waals surface area contributed by atoms with Crippen molar-refractivity contribution in [2.24, 2.45) is 0 Å². The van der Waals surface area contributed by atoms with E-state index in [1.54, 1.807) is 41.3 Å². The number of nitrogens with one attached hydrogen (secondary N) is 2. The van der Waals surface area contributed by atoms with Gasteiger partial charge in [-0.3, -0.25) is 14.3 Å². The molecule has 0 spiro atoms. The molecular weight excluding hydrogens is 406 g/mol. The second kappa shape index (κ2) is 9.62. The van der Waals surface area contributed by atoms with Crippen LogP contribution in [0.4, 0.5) is 5.69 Å². The van der Waals surface area contributed by atoms with Crippen molar-refractivity contribution < 1.29 is 22.7 Å². The first-order valence-electron chi connectivity index (χ1n) is 9.64. The molecule has 0 atom stereocenters. The van der Waals surface area contributed by atoms with Crippen molar-refractivity contribution in [1.29, 1.82) is 0 Å². The van der Waals surface area contributed by atoms with Gasteiger partial charge in [-0.05, 0) is 49.2 Å². The van der Waals surface area contributed by atoms with Gasteiger partial charge in [-0.2, -0.15) is 0 Å². The Morgan fingerprint density at radius 2 is 1.67 bits per heavy atom. The lowest BCUT2D eigenvalue weighted by molar-refractivity contribution is -0.134. The summed E-state index contributed by atoms with van der Waals surface area (Å²) in [6.45, 7) is 1.10. The van der Waals surface area contributed by atoms with Crippen LogP contribution in [0, 0.1) is 0 Å². The molecule has 1 aliphatic heterocycles. The highest BCUT2D eigenvalue weighted by Gasteiger charge is 2.24. The Morgan fingerprint density at radius 3 is 2.27 bits per heavy atom. The van der Waals surface area contributed by atoms with Crippen LogP contribution in [0.3, 0.4) is 0 Å². The number of hydrogen-bond donors (Lipinski definition) is 2. The zero-order chi connectivity index (χ0) is 21.6. The monoisotopic (exact) mass is 431 g/mol. The Bertz CT molecular complexity index is 969. The number of anilines is 1. The molecule has 0 radical (unpaired) electrons. The molecule has 1 saturated heterocycles. The zero-order valence-corrected chi connectivity index (χ0v) is 17.5. The molecule has 1 heterocycles. The SMILES string of the molecule is CS(=O)(=O)Nc1ccc(C(=O)NC2CCN(C(=O)COc3ccccc3)CC2)cc1. The van der Waals surface area contributed by atoms with Crippen molar-refractivity contribution in [3.63, 3.8) is 0 Å². The van der Waals surface area contributed by atoms with E-state index >= 15 is 0 Å². The molecule has 1 aliphatic rings. The molecule has 2 amide bonds. The summed E-state index contributed by atoms with van der Waals surface area (Å²) >= 11 is 0. The Balaban J connectivity index is 1.43. The molecule has 2 aromatic rings. The maximum atomic E-state index is 12.4. The number of sulfonamides is 1. The van der Waals surface area contributed by atoms with Gasteiger partial charge in [0, 0.05) is 30.4 Å². The Morgan fingerprint density at radius 1 is 1.03 bits per heavy atom. The van der Waals surface area contributed by atoms with Crippen molar-refractivity contribution in [3.05, 3.63) is 60.2 Å². The number of benzene rings is 2. The van der Waals surface area contributed by atoms with Gasteiger partial charge in [0.2, 0.25) is 10.0 Å². The molecule has 2 N–H and O–H groups in total. The van der Waals surface area contributed by atoms with Gasteiger partial charge in [-0.15, -0.1) is 0 Å². The van der Waals surface area contributed by atoms with Gasteiger partial charge in [0.1, 0.15) is 5.75 Å². The predicted molar refractivity (Wildman–Crippen MR) is 114 cm³/mol. The molecule has 9 heteroatoms. The highest BCUT2D eigenvalue weighted by Crippen LogP contribution is 2.15. The van der Waals surface area contributed by atoms with E-state index in [1.807, 2.05) is 18.2 Å². The summed E-state index contributed by atoms with van der Waals surface area (Å²) in [4.78, 5) is 26.5. The van der Waals surface area contributed by atoms with Gasteiger partial charge in [0.05, 0.1) is 6.26 Å². The van der Waals surface area contributed by atoms with Crippen molar-refractivity contribution in [2.75, 3.05) is 30.7 Å². The van der Waals surface area contributed by atoms with Crippen LogP contribution in [-0.4, -0.2) is 57.1 Å². The van der Waals surface area contributed by atoms with Gasteiger partial charge in [-0.1, -0.05) is 18.2 Å². The fraction of sp³-hybridized carbons (Fsp3) is 0.333. The highest BCUT2D eigenvalue weighted by atomic mass is 32.2. The second-order valence-electron chi connectivity index (χ2n) is 7.18. The number of para-hydroxylation sites is 1. The van der Waals surface area contributed by atoms with Gasteiger partial charge < -0.3 is 15.0 Å². The van der Waals surface area contributed by atoms with Gasteiger partial charge >= 0.3 is 0 Å². The van der Waals surface area contributed by atoms with Crippen molar-refractivity contribution >= 4 is 27.5 Å². The van der Waals surface area contributed by atoms with E-state index in [1.165, 1.54) is 0 Å². The molecule has 160 valence electrons. The fourth-order valence-electron chi connectivity index (χ4n) is 3.20. The number of rotatable bonds is 7. The molecular formula is C21H25N3O5S. The van der Waals surface area contributed by atoms with E-state index in [9.17, 15) is 18.0 Å². The minimum Gasteiger partial charge on any atom is -0.484 e. The van der Waals surface area contributed by atoms with Crippen molar-refractivity contribution in [3.8, 4) is 5.75 Å². The lowest BCUT2D eigenvalue weighted by atomic mass is 10.0. The Labute approximate surface area is 176 Å². The van der Waals surface area contributed by atoms with Crippen LogP contribution in [0.2, 0.25) is 0 Å². The van der Waals surface area contributed by atoms with Crippen LogP contribution in [0.5, 0.6) is 5.75 Å². The summed E-state index contributed by atoms with van der Waals surface area (Å²) in [6, 6.07) is 15.4.